The van der Waals surface area contributed by atoms with E-state index in [0.29, 0.717) is 6.04 Å². The average molecular weight is 413 g/mol. The van der Waals surface area contributed by atoms with E-state index in [9.17, 15) is 14.7 Å². The first-order valence-electron chi connectivity index (χ1n) is 11.1. The molecule has 1 aromatic carbocycles. The number of amides is 1. The van der Waals surface area contributed by atoms with Crippen LogP contribution in [-0.4, -0.2) is 76.6 Å². The van der Waals surface area contributed by atoms with Crippen molar-refractivity contribution in [3.8, 4) is 0 Å². The van der Waals surface area contributed by atoms with Crippen LogP contribution < -0.4 is 5.32 Å². The fourth-order valence-electron chi connectivity index (χ4n) is 4.90. The van der Waals surface area contributed by atoms with Crippen molar-refractivity contribution in [2.24, 2.45) is 0 Å². The van der Waals surface area contributed by atoms with Gasteiger partial charge in [0.25, 0.3) is 0 Å². The summed E-state index contributed by atoms with van der Waals surface area (Å²) in [5.74, 6) is -1.22. The number of aromatic nitrogens is 1. The van der Waals surface area contributed by atoms with Crippen molar-refractivity contribution >= 4 is 22.8 Å². The quantitative estimate of drug-likeness (QED) is 0.649. The monoisotopic (exact) mass is 412 g/mol. The van der Waals surface area contributed by atoms with Gasteiger partial charge in [-0.25, -0.2) is 4.79 Å². The summed E-state index contributed by atoms with van der Waals surface area (Å²) in [5, 5.41) is 13.4. The van der Waals surface area contributed by atoms with E-state index in [1.54, 1.807) is 0 Å². The van der Waals surface area contributed by atoms with Crippen LogP contribution >= 0.6 is 0 Å². The molecule has 2 aliphatic rings. The largest absolute Gasteiger partial charge is 0.480 e. The van der Waals surface area contributed by atoms with Gasteiger partial charge in [0.15, 0.2) is 0 Å². The van der Waals surface area contributed by atoms with Crippen molar-refractivity contribution in [3.63, 3.8) is 0 Å². The van der Waals surface area contributed by atoms with Crippen LogP contribution in [0.5, 0.6) is 0 Å². The molecule has 0 bridgehead atoms. The number of aliphatic carboxylic acids is 1. The number of nitrogens with zero attached hydrogens (tertiary/aromatic N) is 2. The number of carboxylic acid groups (broad SMARTS) is 1. The number of hydrogen-bond acceptors (Lipinski definition) is 4. The van der Waals surface area contributed by atoms with Crippen molar-refractivity contribution in [1.29, 1.82) is 0 Å². The number of carbonyl (C=O) groups excluding carboxylic acids is 1. The minimum Gasteiger partial charge on any atom is -0.480 e. The Morgan fingerprint density at radius 2 is 1.83 bits per heavy atom. The van der Waals surface area contributed by atoms with E-state index < -0.39 is 12.0 Å². The first kappa shape index (κ1) is 20.9. The van der Waals surface area contributed by atoms with Gasteiger partial charge in [0.1, 0.15) is 6.04 Å². The molecule has 3 N–H and O–H groups in total. The lowest BCUT2D eigenvalue weighted by molar-refractivity contribution is -0.142. The summed E-state index contributed by atoms with van der Waals surface area (Å²) in [6.07, 6.45) is 8.72. The minimum atomic E-state index is -1.00. The normalized spacial score (nSPS) is 20.3. The molecule has 1 amide bonds. The molecule has 1 atom stereocenters. The Labute approximate surface area is 177 Å². The molecule has 0 spiro atoms. The van der Waals surface area contributed by atoms with Crippen molar-refractivity contribution in [2.45, 2.75) is 50.6 Å². The lowest BCUT2D eigenvalue weighted by atomic mass is 9.94. The first-order chi connectivity index (χ1) is 14.6. The van der Waals surface area contributed by atoms with Crippen LogP contribution in [0.4, 0.5) is 0 Å². The molecular weight excluding hydrogens is 380 g/mol. The molecule has 1 saturated carbocycles. The number of H-pyrrole nitrogens is 1. The van der Waals surface area contributed by atoms with Crippen molar-refractivity contribution in [3.05, 3.63) is 36.0 Å². The second-order valence-electron chi connectivity index (χ2n) is 8.63. The smallest absolute Gasteiger partial charge is 0.326 e. The number of hydrogen-bond donors (Lipinski definition) is 3. The fraction of sp³-hybridized carbons (Fsp3) is 0.565. The highest BCUT2D eigenvalue weighted by molar-refractivity contribution is 5.87. The summed E-state index contributed by atoms with van der Waals surface area (Å²) in [5.41, 5.74) is 1.87. The molecule has 7 heteroatoms. The third-order valence-electron chi connectivity index (χ3n) is 6.60. The zero-order valence-electron chi connectivity index (χ0n) is 17.5. The lowest BCUT2D eigenvalue weighted by Gasteiger charge is -2.40. The van der Waals surface area contributed by atoms with Crippen LogP contribution in [0.3, 0.4) is 0 Å². The van der Waals surface area contributed by atoms with Gasteiger partial charge >= 0.3 is 5.97 Å². The molecule has 4 rings (SSSR count). The van der Waals surface area contributed by atoms with Gasteiger partial charge < -0.3 is 15.4 Å². The van der Waals surface area contributed by atoms with Crippen LogP contribution in [0.25, 0.3) is 10.9 Å². The predicted octanol–water partition coefficient (Wildman–Crippen LogP) is 2.23. The lowest BCUT2D eigenvalue weighted by Crippen LogP contribution is -2.54. The van der Waals surface area contributed by atoms with Gasteiger partial charge in [0.05, 0.1) is 6.54 Å². The molecule has 7 nitrogen and oxygen atoms in total. The Balaban J connectivity index is 1.28. The molecular formula is C23H32N4O3. The number of benzene rings is 1. The molecule has 1 aliphatic carbocycles. The highest BCUT2D eigenvalue weighted by Gasteiger charge is 2.27. The molecule has 162 valence electrons. The highest BCUT2D eigenvalue weighted by Crippen LogP contribution is 2.23. The summed E-state index contributed by atoms with van der Waals surface area (Å²) >= 11 is 0. The molecule has 1 aromatic heterocycles. The maximum absolute atomic E-state index is 12.6. The van der Waals surface area contributed by atoms with Gasteiger partial charge in [-0.2, -0.15) is 0 Å². The number of fused-ring (bicyclic) bond motifs is 1. The van der Waals surface area contributed by atoms with Crippen LogP contribution in [0.15, 0.2) is 30.5 Å². The summed E-state index contributed by atoms with van der Waals surface area (Å²) in [6, 6.07) is 7.57. The van der Waals surface area contributed by atoms with Gasteiger partial charge in [-0.1, -0.05) is 37.5 Å². The number of carbonyl (C=O) groups is 2. The van der Waals surface area contributed by atoms with Gasteiger partial charge in [0, 0.05) is 55.7 Å². The molecule has 0 radical (unpaired) electrons. The zero-order valence-corrected chi connectivity index (χ0v) is 17.5. The molecule has 1 aliphatic heterocycles. The third-order valence-corrected chi connectivity index (χ3v) is 6.60. The molecule has 2 heterocycles. The maximum atomic E-state index is 12.6. The Hall–Kier alpha value is -2.38. The summed E-state index contributed by atoms with van der Waals surface area (Å²) in [6.45, 7) is 3.98. The number of aromatic amines is 1. The second-order valence-corrected chi connectivity index (χ2v) is 8.63. The van der Waals surface area contributed by atoms with Crippen LogP contribution in [0, 0.1) is 0 Å². The van der Waals surface area contributed by atoms with Crippen molar-refractivity contribution in [1.82, 2.24) is 20.1 Å². The number of carboxylic acids is 1. The number of para-hydroxylation sites is 1. The third kappa shape index (κ3) is 5.02. The van der Waals surface area contributed by atoms with Crippen LogP contribution in [0.2, 0.25) is 0 Å². The predicted molar refractivity (Wildman–Crippen MR) is 116 cm³/mol. The second kappa shape index (κ2) is 9.62. The Morgan fingerprint density at radius 3 is 2.57 bits per heavy atom. The fourth-order valence-corrected chi connectivity index (χ4v) is 4.90. The maximum Gasteiger partial charge on any atom is 0.326 e. The Bertz CT molecular complexity index is 866. The minimum absolute atomic E-state index is 0.214. The number of piperazine rings is 1. The summed E-state index contributed by atoms with van der Waals surface area (Å²) in [4.78, 5) is 32.2. The van der Waals surface area contributed by atoms with E-state index >= 15 is 0 Å². The van der Waals surface area contributed by atoms with Gasteiger partial charge in [-0.15, -0.1) is 0 Å². The molecule has 1 unspecified atom stereocenters. The van der Waals surface area contributed by atoms with Gasteiger partial charge in [0.2, 0.25) is 5.91 Å². The molecule has 1 saturated heterocycles. The highest BCUT2D eigenvalue weighted by atomic mass is 16.4. The Kier molecular flexibility index (Phi) is 6.69. The van der Waals surface area contributed by atoms with Crippen LogP contribution in [0.1, 0.15) is 37.7 Å². The SMILES string of the molecule is O=C(CN1CCN(C2CCCCC2)CC1)NC(Cc1c[nH]c2ccccc12)C(=O)O. The van der Waals surface area contributed by atoms with E-state index in [-0.39, 0.29) is 18.9 Å². The van der Waals surface area contributed by atoms with E-state index in [1.807, 2.05) is 30.5 Å². The van der Waals surface area contributed by atoms with E-state index in [4.69, 9.17) is 0 Å². The first-order valence-corrected chi connectivity index (χ1v) is 11.1. The van der Waals surface area contributed by atoms with Gasteiger partial charge in [-0.3, -0.25) is 14.6 Å². The Morgan fingerprint density at radius 1 is 1.10 bits per heavy atom. The number of rotatable bonds is 7. The molecule has 2 fully saturated rings. The average Bonchev–Trinajstić information content (AvgIpc) is 3.17. The van der Waals surface area contributed by atoms with Crippen molar-refractivity contribution in [2.75, 3.05) is 32.7 Å². The van der Waals surface area contributed by atoms with E-state index in [1.165, 1.54) is 32.1 Å². The number of nitrogens with one attached hydrogen (secondary N) is 2. The van der Waals surface area contributed by atoms with E-state index in [2.05, 4.69) is 20.1 Å². The molecule has 2 aromatic rings. The summed E-state index contributed by atoms with van der Waals surface area (Å²) < 4.78 is 0. The standard InChI is InChI=1S/C23H32N4O3/c28-22(16-26-10-12-27(13-11-26)18-6-2-1-3-7-18)25-21(23(29)30)14-17-15-24-20-9-5-4-8-19(17)20/h4-5,8-9,15,18,21,24H,1-3,6-7,10-14,16H2,(H,25,28)(H,29,30). The van der Waals surface area contributed by atoms with E-state index in [0.717, 1.165) is 42.6 Å². The topological polar surface area (TPSA) is 88.7 Å². The van der Waals surface area contributed by atoms with Gasteiger partial charge in [-0.05, 0) is 24.5 Å². The zero-order chi connectivity index (χ0) is 20.9. The van der Waals surface area contributed by atoms with Crippen molar-refractivity contribution < 1.29 is 14.7 Å². The van der Waals surface area contributed by atoms with Crippen LogP contribution in [-0.2, 0) is 16.0 Å². The molecule has 30 heavy (non-hydrogen) atoms. The summed E-state index contributed by atoms with van der Waals surface area (Å²) in [7, 11) is 0.